The molecule has 118 valence electrons. The molecule has 8 heteroatoms. The summed E-state index contributed by atoms with van der Waals surface area (Å²) in [6.07, 6.45) is 0. The van der Waals surface area contributed by atoms with E-state index in [1.807, 2.05) is 13.8 Å². The van der Waals surface area contributed by atoms with Crippen molar-refractivity contribution in [2.45, 2.75) is 24.8 Å². The SMILES string of the molecule is COCCN(C(=O)c1cc(Br)cc(S(N)(=O)=O)c1)C(C)C. The summed E-state index contributed by atoms with van der Waals surface area (Å²) in [6, 6.07) is 4.18. The molecule has 21 heavy (non-hydrogen) atoms. The van der Waals surface area contributed by atoms with E-state index in [4.69, 9.17) is 9.88 Å². The first-order chi connectivity index (χ1) is 9.66. The monoisotopic (exact) mass is 378 g/mol. The average Bonchev–Trinajstić information content (AvgIpc) is 2.36. The smallest absolute Gasteiger partial charge is 0.254 e. The summed E-state index contributed by atoms with van der Waals surface area (Å²) in [5.74, 6) is -0.270. The minimum absolute atomic E-state index is 0.0374. The molecule has 1 rings (SSSR count). The van der Waals surface area contributed by atoms with Crippen LogP contribution >= 0.6 is 15.9 Å². The molecule has 2 N–H and O–H groups in total. The van der Waals surface area contributed by atoms with E-state index < -0.39 is 10.0 Å². The Hall–Kier alpha value is -0.960. The van der Waals surface area contributed by atoms with Gasteiger partial charge in [0.2, 0.25) is 10.0 Å². The van der Waals surface area contributed by atoms with Crippen LogP contribution in [0.25, 0.3) is 0 Å². The summed E-state index contributed by atoms with van der Waals surface area (Å²) in [6.45, 7) is 4.59. The number of ether oxygens (including phenoxy) is 1. The number of hydrogen-bond donors (Lipinski definition) is 1. The molecule has 0 saturated heterocycles. The number of carbonyl (C=O) groups is 1. The quantitative estimate of drug-likeness (QED) is 0.813. The number of benzene rings is 1. The van der Waals surface area contributed by atoms with Gasteiger partial charge in [-0.25, -0.2) is 13.6 Å². The molecule has 0 aliphatic rings. The fourth-order valence-corrected chi connectivity index (χ4v) is 3.03. The largest absolute Gasteiger partial charge is 0.383 e. The van der Waals surface area contributed by atoms with Crippen molar-refractivity contribution >= 4 is 31.9 Å². The van der Waals surface area contributed by atoms with E-state index in [-0.39, 0.29) is 22.4 Å². The Morgan fingerprint density at radius 3 is 2.48 bits per heavy atom. The van der Waals surface area contributed by atoms with Gasteiger partial charge in [-0.05, 0) is 32.0 Å². The predicted octanol–water partition coefficient (Wildman–Crippen LogP) is 1.59. The van der Waals surface area contributed by atoms with Crippen LogP contribution in [-0.4, -0.2) is 45.5 Å². The molecule has 0 aromatic heterocycles. The maximum atomic E-state index is 12.5. The van der Waals surface area contributed by atoms with Gasteiger partial charge in [0, 0.05) is 29.7 Å². The molecule has 1 aromatic carbocycles. The van der Waals surface area contributed by atoms with Gasteiger partial charge in [-0.15, -0.1) is 0 Å². The molecule has 0 spiro atoms. The van der Waals surface area contributed by atoms with Crippen LogP contribution in [0.2, 0.25) is 0 Å². The standard InChI is InChI=1S/C13H19BrN2O4S/c1-9(2)16(4-5-20-3)13(17)10-6-11(14)8-12(7-10)21(15,18)19/h6-9H,4-5H2,1-3H3,(H2,15,18,19). The highest BCUT2D eigenvalue weighted by atomic mass is 79.9. The second kappa shape index (κ2) is 7.35. The van der Waals surface area contributed by atoms with Crippen LogP contribution in [0, 0.1) is 0 Å². The van der Waals surface area contributed by atoms with Gasteiger partial charge in [0.25, 0.3) is 5.91 Å². The number of primary sulfonamides is 1. The molecule has 1 amide bonds. The van der Waals surface area contributed by atoms with Crippen LogP contribution in [0.5, 0.6) is 0 Å². The van der Waals surface area contributed by atoms with Gasteiger partial charge in [0.15, 0.2) is 0 Å². The summed E-state index contributed by atoms with van der Waals surface area (Å²) in [7, 11) is -2.31. The van der Waals surface area contributed by atoms with Gasteiger partial charge < -0.3 is 9.64 Å². The summed E-state index contributed by atoms with van der Waals surface area (Å²) >= 11 is 3.20. The lowest BCUT2D eigenvalue weighted by atomic mass is 10.1. The third-order valence-corrected chi connectivity index (χ3v) is 4.22. The molecule has 0 aliphatic heterocycles. The van der Waals surface area contributed by atoms with Crippen molar-refractivity contribution in [2.24, 2.45) is 5.14 Å². The van der Waals surface area contributed by atoms with E-state index in [1.165, 1.54) is 12.1 Å². The van der Waals surface area contributed by atoms with E-state index >= 15 is 0 Å². The fourth-order valence-electron chi connectivity index (χ4n) is 1.80. The minimum atomic E-state index is -3.87. The van der Waals surface area contributed by atoms with Crippen LogP contribution in [0.15, 0.2) is 27.6 Å². The number of carbonyl (C=O) groups excluding carboxylic acids is 1. The fraction of sp³-hybridized carbons (Fsp3) is 0.462. The molecule has 1 aromatic rings. The number of hydrogen-bond acceptors (Lipinski definition) is 4. The zero-order valence-electron chi connectivity index (χ0n) is 12.2. The van der Waals surface area contributed by atoms with Gasteiger partial charge >= 0.3 is 0 Å². The third-order valence-electron chi connectivity index (χ3n) is 2.87. The van der Waals surface area contributed by atoms with E-state index in [2.05, 4.69) is 15.9 Å². The maximum Gasteiger partial charge on any atom is 0.254 e. The zero-order chi connectivity index (χ0) is 16.2. The number of sulfonamides is 1. The van der Waals surface area contributed by atoms with Crippen molar-refractivity contribution in [1.82, 2.24) is 4.90 Å². The second-order valence-electron chi connectivity index (χ2n) is 4.81. The van der Waals surface area contributed by atoms with Crippen LogP contribution in [-0.2, 0) is 14.8 Å². The second-order valence-corrected chi connectivity index (χ2v) is 7.28. The van der Waals surface area contributed by atoms with Crippen molar-refractivity contribution in [3.8, 4) is 0 Å². The number of methoxy groups -OCH3 is 1. The predicted molar refractivity (Wildman–Crippen MR) is 83.6 cm³/mol. The molecule has 0 fully saturated rings. The van der Waals surface area contributed by atoms with Crippen molar-refractivity contribution in [3.63, 3.8) is 0 Å². The molecule has 0 bridgehead atoms. The molecule has 0 heterocycles. The molecule has 0 unspecified atom stereocenters. The molecule has 6 nitrogen and oxygen atoms in total. The van der Waals surface area contributed by atoms with Crippen molar-refractivity contribution < 1.29 is 17.9 Å². The van der Waals surface area contributed by atoms with Gasteiger partial charge in [0.1, 0.15) is 0 Å². The summed E-state index contributed by atoms with van der Waals surface area (Å²) in [5, 5.41) is 5.12. The highest BCUT2D eigenvalue weighted by Crippen LogP contribution is 2.20. The number of nitrogens with zero attached hydrogens (tertiary/aromatic N) is 1. The first-order valence-electron chi connectivity index (χ1n) is 6.30. The Bertz CT molecular complexity index is 617. The molecular weight excluding hydrogens is 360 g/mol. The average molecular weight is 379 g/mol. The maximum absolute atomic E-state index is 12.5. The molecule has 0 atom stereocenters. The number of nitrogens with two attached hydrogens (primary N) is 1. The van der Waals surface area contributed by atoms with E-state index in [9.17, 15) is 13.2 Å². The van der Waals surface area contributed by atoms with Crippen molar-refractivity contribution in [2.75, 3.05) is 20.3 Å². The normalized spacial score (nSPS) is 11.7. The summed E-state index contributed by atoms with van der Waals surface area (Å²) < 4.78 is 28.4. The summed E-state index contributed by atoms with van der Waals surface area (Å²) in [4.78, 5) is 14.0. The zero-order valence-corrected chi connectivity index (χ0v) is 14.6. The third kappa shape index (κ3) is 5.06. The summed E-state index contributed by atoms with van der Waals surface area (Å²) in [5.41, 5.74) is 0.262. The number of amides is 1. The Morgan fingerprint density at radius 2 is 2.00 bits per heavy atom. The van der Waals surface area contributed by atoms with Gasteiger partial charge in [0.05, 0.1) is 11.5 Å². The lowest BCUT2D eigenvalue weighted by molar-refractivity contribution is 0.0634. The lowest BCUT2D eigenvalue weighted by Crippen LogP contribution is -2.39. The van der Waals surface area contributed by atoms with E-state index in [0.717, 1.165) is 0 Å². The first-order valence-corrected chi connectivity index (χ1v) is 8.64. The van der Waals surface area contributed by atoms with Crippen molar-refractivity contribution in [1.29, 1.82) is 0 Å². The Kier molecular flexibility index (Phi) is 6.33. The lowest BCUT2D eigenvalue weighted by Gasteiger charge is -2.26. The molecule has 0 radical (unpaired) electrons. The van der Waals surface area contributed by atoms with Crippen LogP contribution in [0.3, 0.4) is 0 Å². The van der Waals surface area contributed by atoms with Gasteiger partial charge in [-0.1, -0.05) is 15.9 Å². The van der Waals surface area contributed by atoms with Crippen LogP contribution in [0.4, 0.5) is 0 Å². The minimum Gasteiger partial charge on any atom is -0.383 e. The molecule has 0 saturated carbocycles. The number of halogens is 1. The van der Waals surface area contributed by atoms with Gasteiger partial charge in [-0.3, -0.25) is 4.79 Å². The Balaban J connectivity index is 3.19. The van der Waals surface area contributed by atoms with Crippen LogP contribution in [0.1, 0.15) is 24.2 Å². The Labute approximate surface area is 133 Å². The van der Waals surface area contributed by atoms with Crippen molar-refractivity contribution in [3.05, 3.63) is 28.2 Å². The molecular formula is C13H19BrN2O4S. The number of rotatable bonds is 6. The topological polar surface area (TPSA) is 89.7 Å². The Morgan fingerprint density at radius 1 is 1.38 bits per heavy atom. The van der Waals surface area contributed by atoms with Gasteiger partial charge in [-0.2, -0.15) is 0 Å². The highest BCUT2D eigenvalue weighted by molar-refractivity contribution is 9.10. The van der Waals surface area contributed by atoms with E-state index in [1.54, 1.807) is 18.1 Å². The molecule has 0 aliphatic carbocycles. The van der Waals surface area contributed by atoms with Crippen LogP contribution < -0.4 is 5.14 Å². The highest BCUT2D eigenvalue weighted by Gasteiger charge is 2.21. The van der Waals surface area contributed by atoms with E-state index in [0.29, 0.717) is 17.6 Å². The first kappa shape index (κ1) is 18.1.